The van der Waals surface area contributed by atoms with E-state index < -0.39 is 17.9 Å². The molecule has 3 aromatic carbocycles. The lowest BCUT2D eigenvalue weighted by molar-refractivity contribution is -0.137. The number of carbonyl (C=O) groups excluding carboxylic acids is 2. The molecule has 0 saturated carbocycles. The van der Waals surface area contributed by atoms with Gasteiger partial charge in [0, 0.05) is 5.56 Å². The fraction of sp³-hybridized carbons (Fsp3) is 0.250. The Morgan fingerprint density at radius 1 is 0.833 bits per heavy atom. The molecule has 0 aliphatic carbocycles. The standard InChI is InChI=1S/C28H28N2O6/c1-17(2)25(30-27(31)21-14-23(33-3)26(35-5)24(15-21)34-4)28(32)36-22-12-10-20(11-13-22)19-8-6-18(16-29)7-9-19/h6-15,17,25H,1-5H3,(H,30,31). The first-order chi connectivity index (χ1) is 17.3. The maximum Gasteiger partial charge on any atom is 0.334 e. The van der Waals surface area contributed by atoms with Crippen LogP contribution in [-0.2, 0) is 4.79 Å². The van der Waals surface area contributed by atoms with Gasteiger partial charge in [-0.2, -0.15) is 5.26 Å². The van der Waals surface area contributed by atoms with Crippen LogP contribution < -0.4 is 24.3 Å². The predicted octanol–water partition coefficient (Wildman–Crippen LogP) is 4.61. The maximum atomic E-state index is 13.0. The molecule has 36 heavy (non-hydrogen) atoms. The molecule has 0 aliphatic rings. The SMILES string of the molecule is COc1cc(C(=O)NC(C(=O)Oc2ccc(-c3ccc(C#N)cc3)cc2)C(C)C)cc(OC)c1OC. The number of benzene rings is 3. The summed E-state index contributed by atoms with van der Waals surface area (Å²) in [4.78, 5) is 26.0. The lowest BCUT2D eigenvalue weighted by Gasteiger charge is -2.21. The number of nitrogens with zero attached hydrogens (tertiary/aromatic N) is 1. The fourth-order valence-electron chi connectivity index (χ4n) is 3.57. The van der Waals surface area contributed by atoms with E-state index in [-0.39, 0.29) is 11.5 Å². The van der Waals surface area contributed by atoms with Gasteiger partial charge in [-0.1, -0.05) is 38.1 Å². The second-order valence-corrected chi connectivity index (χ2v) is 8.24. The van der Waals surface area contributed by atoms with Crippen LogP contribution in [0.15, 0.2) is 60.7 Å². The number of carbonyl (C=O) groups is 2. The Bertz CT molecular complexity index is 1240. The molecule has 0 heterocycles. The summed E-state index contributed by atoms with van der Waals surface area (Å²) in [5.41, 5.74) is 2.67. The Hall–Kier alpha value is -4.51. The van der Waals surface area contributed by atoms with Gasteiger partial charge in [-0.25, -0.2) is 4.79 Å². The van der Waals surface area contributed by atoms with Crippen molar-refractivity contribution >= 4 is 11.9 Å². The molecule has 0 bridgehead atoms. The third kappa shape index (κ3) is 5.94. The molecule has 3 aromatic rings. The Labute approximate surface area is 210 Å². The molecular weight excluding hydrogens is 460 g/mol. The first-order valence-electron chi connectivity index (χ1n) is 11.2. The second-order valence-electron chi connectivity index (χ2n) is 8.24. The van der Waals surface area contributed by atoms with E-state index >= 15 is 0 Å². The van der Waals surface area contributed by atoms with Crippen LogP contribution in [-0.4, -0.2) is 39.2 Å². The van der Waals surface area contributed by atoms with Crippen LogP contribution in [0.25, 0.3) is 11.1 Å². The van der Waals surface area contributed by atoms with Crippen molar-refractivity contribution in [3.05, 3.63) is 71.8 Å². The van der Waals surface area contributed by atoms with Crippen molar-refractivity contribution in [1.29, 1.82) is 5.26 Å². The molecule has 0 radical (unpaired) electrons. The smallest absolute Gasteiger partial charge is 0.334 e. The number of amides is 1. The highest BCUT2D eigenvalue weighted by Gasteiger charge is 2.28. The van der Waals surface area contributed by atoms with Crippen LogP contribution in [0.3, 0.4) is 0 Å². The quantitative estimate of drug-likeness (QED) is 0.346. The first-order valence-corrected chi connectivity index (χ1v) is 11.2. The monoisotopic (exact) mass is 488 g/mol. The number of hydrogen-bond acceptors (Lipinski definition) is 7. The molecule has 1 N–H and O–H groups in total. The molecule has 8 nitrogen and oxygen atoms in total. The van der Waals surface area contributed by atoms with E-state index in [0.717, 1.165) is 11.1 Å². The van der Waals surface area contributed by atoms with Crippen LogP contribution in [0.5, 0.6) is 23.0 Å². The molecule has 0 aromatic heterocycles. The molecule has 8 heteroatoms. The van der Waals surface area contributed by atoms with Crippen molar-refractivity contribution < 1.29 is 28.5 Å². The average Bonchev–Trinajstić information content (AvgIpc) is 2.90. The largest absolute Gasteiger partial charge is 0.493 e. The van der Waals surface area contributed by atoms with Gasteiger partial charge in [-0.3, -0.25) is 4.79 Å². The van der Waals surface area contributed by atoms with Crippen molar-refractivity contribution in [3.63, 3.8) is 0 Å². The van der Waals surface area contributed by atoms with E-state index in [1.165, 1.54) is 33.5 Å². The molecule has 0 spiro atoms. The zero-order valence-corrected chi connectivity index (χ0v) is 20.8. The number of rotatable bonds is 9. The Morgan fingerprint density at radius 2 is 1.36 bits per heavy atom. The maximum absolute atomic E-state index is 13.0. The number of ether oxygens (including phenoxy) is 4. The van der Waals surface area contributed by atoms with Crippen LogP contribution in [0.1, 0.15) is 29.8 Å². The summed E-state index contributed by atoms with van der Waals surface area (Å²) < 4.78 is 21.5. The summed E-state index contributed by atoms with van der Waals surface area (Å²) in [6, 6.07) is 18.4. The molecule has 0 saturated heterocycles. The van der Waals surface area contributed by atoms with Crippen molar-refractivity contribution in [3.8, 4) is 40.2 Å². The summed E-state index contributed by atoms with van der Waals surface area (Å²) >= 11 is 0. The van der Waals surface area contributed by atoms with Crippen LogP contribution in [0, 0.1) is 17.2 Å². The van der Waals surface area contributed by atoms with Crippen LogP contribution in [0.2, 0.25) is 0 Å². The van der Waals surface area contributed by atoms with E-state index in [0.29, 0.717) is 28.6 Å². The van der Waals surface area contributed by atoms with Crippen molar-refractivity contribution in [2.75, 3.05) is 21.3 Å². The van der Waals surface area contributed by atoms with E-state index in [4.69, 9.17) is 24.2 Å². The second kappa shape index (κ2) is 11.8. The van der Waals surface area contributed by atoms with Crippen molar-refractivity contribution in [1.82, 2.24) is 5.32 Å². The zero-order valence-electron chi connectivity index (χ0n) is 20.8. The molecular formula is C28H28N2O6. The Kier molecular flexibility index (Phi) is 8.52. The third-order valence-corrected chi connectivity index (χ3v) is 5.55. The topological polar surface area (TPSA) is 107 Å². The molecule has 3 rings (SSSR count). The van der Waals surface area contributed by atoms with E-state index in [1.54, 1.807) is 24.3 Å². The highest BCUT2D eigenvalue weighted by atomic mass is 16.5. The summed E-state index contributed by atoms with van der Waals surface area (Å²) in [5.74, 6) is 0.0614. The minimum atomic E-state index is -0.894. The lowest BCUT2D eigenvalue weighted by Crippen LogP contribution is -2.46. The van der Waals surface area contributed by atoms with Crippen LogP contribution in [0.4, 0.5) is 0 Å². The summed E-state index contributed by atoms with van der Waals surface area (Å²) in [5, 5.41) is 11.7. The van der Waals surface area contributed by atoms with Gasteiger partial charge in [0.15, 0.2) is 11.5 Å². The number of nitrogens with one attached hydrogen (secondary N) is 1. The molecule has 1 unspecified atom stereocenters. The van der Waals surface area contributed by atoms with Crippen molar-refractivity contribution in [2.24, 2.45) is 5.92 Å². The van der Waals surface area contributed by atoms with Gasteiger partial charge < -0.3 is 24.3 Å². The van der Waals surface area contributed by atoms with Gasteiger partial charge in [0.25, 0.3) is 5.91 Å². The lowest BCUT2D eigenvalue weighted by atomic mass is 10.0. The summed E-state index contributed by atoms with van der Waals surface area (Å²) in [6.45, 7) is 3.63. The molecule has 0 fully saturated rings. The van der Waals surface area contributed by atoms with Gasteiger partial charge in [0.2, 0.25) is 5.75 Å². The Morgan fingerprint density at radius 3 is 1.81 bits per heavy atom. The third-order valence-electron chi connectivity index (χ3n) is 5.55. The average molecular weight is 489 g/mol. The van der Waals surface area contributed by atoms with E-state index in [1.807, 2.05) is 38.1 Å². The molecule has 1 atom stereocenters. The summed E-state index contributed by atoms with van der Waals surface area (Å²) in [7, 11) is 4.39. The number of esters is 1. The molecule has 0 aliphatic heterocycles. The first kappa shape index (κ1) is 26.1. The van der Waals surface area contributed by atoms with E-state index in [9.17, 15) is 9.59 Å². The van der Waals surface area contributed by atoms with Crippen LogP contribution >= 0.6 is 0 Å². The van der Waals surface area contributed by atoms with Crippen molar-refractivity contribution in [2.45, 2.75) is 19.9 Å². The highest BCUT2D eigenvalue weighted by Crippen LogP contribution is 2.38. The normalized spacial score (nSPS) is 11.2. The minimum Gasteiger partial charge on any atom is -0.493 e. The van der Waals surface area contributed by atoms with Gasteiger partial charge in [-0.05, 0) is 53.4 Å². The van der Waals surface area contributed by atoms with Gasteiger partial charge in [0.05, 0.1) is 33.0 Å². The summed E-state index contributed by atoms with van der Waals surface area (Å²) in [6.07, 6.45) is 0. The predicted molar refractivity (Wildman–Crippen MR) is 134 cm³/mol. The van der Waals surface area contributed by atoms with Gasteiger partial charge >= 0.3 is 5.97 Å². The number of nitriles is 1. The van der Waals surface area contributed by atoms with E-state index in [2.05, 4.69) is 11.4 Å². The van der Waals surface area contributed by atoms with Gasteiger partial charge in [-0.15, -0.1) is 0 Å². The fourth-order valence-corrected chi connectivity index (χ4v) is 3.57. The number of methoxy groups -OCH3 is 3. The molecule has 186 valence electrons. The zero-order chi connectivity index (χ0) is 26.2. The molecule has 1 amide bonds. The number of hydrogen-bond donors (Lipinski definition) is 1. The van der Waals surface area contributed by atoms with Gasteiger partial charge in [0.1, 0.15) is 11.8 Å². The Balaban J connectivity index is 1.74. The highest BCUT2D eigenvalue weighted by molar-refractivity contribution is 5.98. The minimum absolute atomic E-state index is 0.235.